The van der Waals surface area contributed by atoms with Gasteiger partial charge in [-0.2, -0.15) is 0 Å². The van der Waals surface area contributed by atoms with Crippen molar-refractivity contribution in [3.05, 3.63) is 29.8 Å². The van der Waals surface area contributed by atoms with Crippen molar-refractivity contribution in [2.24, 2.45) is 5.92 Å². The summed E-state index contributed by atoms with van der Waals surface area (Å²) in [5.74, 6) is 1.18. The largest absolute Gasteiger partial charge is 0.497 e. The normalized spacial score (nSPS) is 17.5. The molecule has 1 amide bonds. The number of hydrogen-bond acceptors (Lipinski definition) is 5. The van der Waals surface area contributed by atoms with E-state index in [1.807, 2.05) is 24.3 Å². The minimum Gasteiger partial charge on any atom is -0.497 e. The van der Waals surface area contributed by atoms with E-state index >= 15 is 0 Å². The highest BCUT2D eigenvalue weighted by Gasteiger charge is 2.22. The van der Waals surface area contributed by atoms with E-state index in [2.05, 4.69) is 29.0 Å². The monoisotopic (exact) mass is 349 g/mol. The van der Waals surface area contributed by atoms with Gasteiger partial charge in [0.05, 0.1) is 26.3 Å². The van der Waals surface area contributed by atoms with Gasteiger partial charge in [-0.25, -0.2) is 0 Å². The molecule has 1 aliphatic heterocycles. The predicted octanol–water partition coefficient (Wildman–Crippen LogP) is 1.12. The van der Waals surface area contributed by atoms with Crippen LogP contribution in [-0.2, 0) is 4.79 Å². The van der Waals surface area contributed by atoms with Crippen molar-refractivity contribution in [2.45, 2.75) is 19.9 Å². The molecule has 0 saturated carbocycles. The lowest BCUT2D eigenvalue weighted by Crippen LogP contribution is -2.50. The number of hydrogen-bond donors (Lipinski definition) is 2. The fourth-order valence-corrected chi connectivity index (χ4v) is 3.18. The van der Waals surface area contributed by atoms with Crippen LogP contribution in [0, 0.1) is 5.92 Å². The Morgan fingerprint density at radius 1 is 1.16 bits per heavy atom. The Morgan fingerprint density at radius 2 is 1.76 bits per heavy atom. The quantitative estimate of drug-likeness (QED) is 0.736. The summed E-state index contributed by atoms with van der Waals surface area (Å²) in [4.78, 5) is 16.9. The fourth-order valence-electron chi connectivity index (χ4n) is 3.18. The number of methoxy groups -OCH3 is 1. The average Bonchev–Trinajstić information content (AvgIpc) is 2.61. The molecule has 1 fully saturated rings. The first-order chi connectivity index (χ1) is 12.0. The van der Waals surface area contributed by atoms with Gasteiger partial charge in [0, 0.05) is 32.7 Å². The summed E-state index contributed by atoms with van der Waals surface area (Å²) in [7, 11) is 1.65. The lowest BCUT2D eigenvalue weighted by Gasteiger charge is -2.34. The van der Waals surface area contributed by atoms with Crippen molar-refractivity contribution < 1.29 is 14.6 Å². The first kappa shape index (κ1) is 19.7. The number of β-amino-alcohol motifs (C(OH)–C–C–N with tert-alkyl or cyclic N) is 1. The first-order valence-electron chi connectivity index (χ1n) is 9.02. The fraction of sp³-hybridized carbons (Fsp3) is 0.632. The number of piperazine rings is 1. The maximum Gasteiger partial charge on any atom is 0.234 e. The summed E-state index contributed by atoms with van der Waals surface area (Å²) in [6, 6.07) is 7.87. The molecule has 1 heterocycles. The number of rotatable bonds is 8. The molecule has 2 rings (SSSR count). The van der Waals surface area contributed by atoms with E-state index in [1.54, 1.807) is 7.11 Å². The molecule has 1 aromatic carbocycles. The van der Waals surface area contributed by atoms with E-state index in [1.165, 1.54) is 0 Å². The third-order valence-electron chi connectivity index (χ3n) is 4.71. The second-order valence-electron chi connectivity index (χ2n) is 6.90. The lowest BCUT2D eigenvalue weighted by molar-refractivity contribution is -0.123. The third kappa shape index (κ3) is 5.99. The number of aliphatic hydroxyl groups is 1. The first-order valence-corrected chi connectivity index (χ1v) is 9.02. The summed E-state index contributed by atoms with van der Waals surface area (Å²) >= 11 is 0. The Labute approximate surface area is 150 Å². The van der Waals surface area contributed by atoms with Gasteiger partial charge in [-0.1, -0.05) is 26.0 Å². The van der Waals surface area contributed by atoms with E-state index in [-0.39, 0.29) is 18.6 Å². The van der Waals surface area contributed by atoms with Crippen LogP contribution in [0.5, 0.6) is 5.75 Å². The third-order valence-corrected chi connectivity index (χ3v) is 4.71. The summed E-state index contributed by atoms with van der Waals surface area (Å²) in [6.45, 7) is 9.09. The van der Waals surface area contributed by atoms with Crippen molar-refractivity contribution in [3.63, 3.8) is 0 Å². The van der Waals surface area contributed by atoms with Gasteiger partial charge in [-0.05, 0) is 23.6 Å². The molecule has 6 heteroatoms. The van der Waals surface area contributed by atoms with E-state index < -0.39 is 0 Å². The highest BCUT2D eigenvalue weighted by atomic mass is 16.5. The molecule has 0 aliphatic carbocycles. The molecule has 140 valence electrons. The molecular formula is C19H31N3O3. The van der Waals surface area contributed by atoms with Crippen molar-refractivity contribution in [2.75, 3.05) is 53.0 Å². The Morgan fingerprint density at radius 3 is 2.28 bits per heavy atom. The second-order valence-corrected chi connectivity index (χ2v) is 6.90. The zero-order valence-electron chi connectivity index (χ0n) is 15.6. The smallest absolute Gasteiger partial charge is 0.234 e. The molecule has 0 spiro atoms. The molecule has 25 heavy (non-hydrogen) atoms. The van der Waals surface area contributed by atoms with Gasteiger partial charge in [-0.15, -0.1) is 0 Å². The van der Waals surface area contributed by atoms with E-state index in [0.717, 1.165) is 37.5 Å². The molecule has 0 aromatic heterocycles. The number of carbonyl (C=O) groups is 1. The lowest BCUT2D eigenvalue weighted by atomic mass is 9.96. The van der Waals surface area contributed by atoms with Crippen molar-refractivity contribution in [3.8, 4) is 5.75 Å². The predicted molar refractivity (Wildman–Crippen MR) is 98.7 cm³/mol. The van der Waals surface area contributed by atoms with E-state index in [9.17, 15) is 4.79 Å². The molecule has 1 atom stereocenters. The van der Waals surface area contributed by atoms with E-state index in [4.69, 9.17) is 9.84 Å². The van der Waals surface area contributed by atoms with Crippen LogP contribution in [0.2, 0.25) is 0 Å². The SMILES string of the molecule is COc1ccc([C@@H](NC(=O)CN2CCN(CCO)CC2)C(C)C)cc1. The Balaban J connectivity index is 1.88. The highest BCUT2D eigenvalue weighted by Crippen LogP contribution is 2.23. The number of amides is 1. The van der Waals surface area contributed by atoms with Gasteiger partial charge in [0.25, 0.3) is 0 Å². The molecule has 0 bridgehead atoms. The van der Waals surface area contributed by atoms with Crippen molar-refractivity contribution >= 4 is 5.91 Å². The molecule has 1 aromatic rings. The maximum absolute atomic E-state index is 12.5. The Bertz CT molecular complexity index is 525. The highest BCUT2D eigenvalue weighted by molar-refractivity contribution is 5.78. The van der Waals surface area contributed by atoms with Gasteiger partial charge in [-0.3, -0.25) is 14.6 Å². The minimum atomic E-state index is -0.00548. The Kier molecular flexibility index (Phi) is 7.68. The molecule has 1 aliphatic rings. The van der Waals surface area contributed by atoms with Gasteiger partial charge in [0.1, 0.15) is 5.75 Å². The molecule has 0 radical (unpaired) electrons. The zero-order valence-corrected chi connectivity index (χ0v) is 15.6. The topological polar surface area (TPSA) is 65.0 Å². The van der Waals surface area contributed by atoms with Crippen molar-refractivity contribution in [1.82, 2.24) is 15.1 Å². The van der Waals surface area contributed by atoms with Crippen LogP contribution in [-0.4, -0.2) is 73.8 Å². The van der Waals surface area contributed by atoms with Crippen LogP contribution in [0.25, 0.3) is 0 Å². The minimum absolute atomic E-state index is 0.00548. The summed E-state index contributed by atoms with van der Waals surface area (Å²) < 4.78 is 5.20. The molecular weight excluding hydrogens is 318 g/mol. The summed E-state index contributed by atoms with van der Waals surface area (Å²) in [6.07, 6.45) is 0. The van der Waals surface area contributed by atoms with Crippen LogP contribution < -0.4 is 10.1 Å². The maximum atomic E-state index is 12.5. The van der Waals surface area contributed by atoms with Crippen LogP contribution in [0.4, 0.5) is 0 Å². The summed E-state index contributed by atoms with van der Waals surface area (Å²) in [5.41, 5.74) is 1.09. The molecule has 1 saturated heterocycles. The number of ether oxygens (including phenoxy) is 1. The number of nitrogens with one attached hydrogen (secondary N) is 1. The van der Waals surface area contributed by atoms with Gasteiger partial charge < -0.3 is 15.2 Å². The standard InChI is InChI=1S/C19H31N3O3/c1-15(2)19(16-4-6-17(25-3)7-5-16)20-18(24)14-22-10-8-21(9-11-22)12-13-23/h4-7,15,19,23H,8-14H2,1-3H3,(H,20,24)/t19-/m0/s1. The molecule has 6 nitrogen and oxygen atoms in total. The average molecular weight is 349 g/mol. The Hall–Kier alpha value is -1.63. The number of carbonyl (C=O) groups excluding carboxylic acids is 1. The summed E-state index contributed by atoms with van der Waals surface area (Å²) in [5, 5.41) is 12.2. The molecule has 0 unspecified atom stereocenters. The number of benzene rings is 1. The van der Waals surface area contributed by atoms with Crippen molar-refractivity contribution in [1.29, 1.82) is 0 Å². The van der Waals surface area contributed by atoms with Gasteiger partial charge in [0.15, 0.2) is 0 Å². The molecule has 2 N–H and O–H groups in total. The van der Waals surface area contributed by atoms with Crippen LogP contribution >= 0.6 is 0 Å². The van der Waals surface area contributed by atoms with E-state index in [0.29, 0.717) is 19.0 Å². The van der Waals surface area contributed by atoms with Gasteiger partial charge in [0.2, 0.25) is 5.91 Å². The number of nitrogens with zero attached hydrogens (tertiary/aromatic N) is 2. The second kappa shape index (κ2) is 9.75. The van der Waals surface area contributed by atoms with Crippen LogP contribution in [0.3, 0.4) is 0 Å². The van der Waals surface area contributed by atoms with Crippen LogP contribution in [0.15, 0.2) is 24.3 Å². The van der Waals surface area contributed by atoms with Crippen LogP contribution in [0.1, 0.15) is 25.5 Å². The van der Waals surface area contributed by atoms with Gasteiger partial charge >= 0.3 is 0 Å². The zero-order chi connectivity index (χ0) is 18.2. The number of aliphatic hydroxyl groups excluding tert-OH is 1.